The third-order valence-corrected chi connectivity index (χ3v) is 3.78. The Morgan fingerprint density at radius 2 is 2.28 bits per heavy atom. The normalized spacial score (nSPS) is 10.4. The first-order valence-corrected chi connectivity index (χ1v) is 7.00. The predicted molar refractivity (Wildman–Crippen MR) is 76.6 cm³/mol. The van der Waals surface area contributed by atoms with Gasteiger partial charge in [-0.25, -0.2) is 15.8 Å². The first kappa shape index (κ1) is 13.2. The highest BCUT2D eigenvalue weighted by atomic mass is 79.9. The average molecular weight is 329 g/mol. The van der Waals surface area contributed by atoms with Gasteiger partial charge in [0, 0.05) is 30.2 Å². The molecule has 0 fully saturated rings. The van der Waals surface area contributed by atoms with Gasteiger partial charge < -0.3 is 5.32 Å². The van der Waals surface area contributed by atoms with Crippen LogP contribution in [0.2, 0.25) is 0 Å². The Kier molecular flexibility index (Phi) is 4.45. The van der Waals surface area contributed by atoms with E-state index in [1.54, 1.807) is 17.5 Å². The number of aryl methyl sites for hydroxylation is 1. The van der Waals surface area contributed by atoms with Crippen LogP contribution in [0, 0.1) is 6.92 Å². The fourth-order valence-corrected chi connectivity index (χ4v) is 2.47. The van der Waals surface area contributed by atoms with Crippen molar-refractivity contribution in [3.8, 4) is 0 Å². The van der Waals surface area contributed by atoms with Crippen LogP contribution in [0.15, 0.2) is 16.0 Å². The van der Waals surface area contributed by atoms with Gasteiger partial charge in [0.2, 0.25) is 5.95 Å². The zero-order chi connectivity index (χ0) is 13.0. The number of anilines is 2. The molecule has 2 heterocycles. The van der Waals surface area contributed by atoms with Gasteiger partial charge in [-0.2, -0.15) is 4.98 Å². The van der Waals surface area contributed by atoms with Gasteiger partial charge in [-0.3, -0.25) is 5.43 Å². The Hall–Kier alpha value is -1.25. The highest BCUT2D eigenvalue weighted by Gasteiger charge is 2.04. The Morgan fingerprint density at radius 3 is 2.94 bits per heavy atom. The summed E-state index contributed by atoms with van der Waals surface area (Å²) in [7, 11) is 0. The summed E-state index contributed by atoms with van der Waals surface area (Å²) in [6.45, 7) is 2.75. The van der Waals surface area contributed by atoms with Gasteiger partial charge >= 0.3 is 0 Å². The van der Waals surface area contributed by atoms with E-state index in [1.807, 2.05) is 12.3 Å². The van der Waals surface area contributed by atoms with Crippen molar-refractivity contribution in [3.05, 3.63) is 26.8 Å². The summed E-state index contributed by atoms with van der Waals surface area (Å²) in [6, 6.07) is 0. The van der Waals surface area contributed by atoms with E-state index >= 15 is 0 Å². The average Bonchev–Trinajstić information content (AvgIpc) is 2.77. The Labute approximate surface area is 117 Å². The molecule has 2 aromatic rings. The van der Waals surface area contributed by atoms with Crippen molar-refractivity contribution in [2.24, 2.45) is 5.84 Å². The van der Waals surface area contributed by atoms with Crippen molar-refractivity contribution >= 4 is 39.0 Å². The molecule has 8 heteroatoms. The summed E-state index contributed by atoms with van der Waals surface area (Å²) in [6.07, 6.45) is 2.51. The van der Waals surface area contributed by atoms with E-state index in [2.05, 4.69) is 41.6 Å². The van der Waals surface area contributed by atoms with E-state index < -0.39 is 0 Å². The van der Waals surface area contributed by atoms with Crippen LogP contribution in [0.3, 0.4) is 0 Å². The molecule has 0 bridgehead atoms. The third kappa shape index (κ3) is 3.37. The summed E-state index contributed by atoms with van der Waals surface area (Å²) < 4.78 is 0.803. The molecular formula is C10H13BrN6S. The van der Waals surface area contributed by atoms with Gasteiger partial charge in [-0.1, -0.05) is 0 Å². The minimum Gasteiger partial charge on any atom is -0.369 e. The molecule has 0 saturated carbocycles. The number of nitrogens with two attached hydrogens (primary N) is 1. The molecule has 4 N–H and O–H groups in total. The molecule has 2 rings (SSSR count). The molecule has 6 nitrogen and oxygen atoms in total. The zero-order valence-corrected chi connectivity index (χ0v) is 12.2. The molecule has 0 aliphatic carbocycles. The summed E-state index contributed by atoms with van der Waals surface area (Å²) >= 11 is 5.05. The Morgan fingerprint density at radius 1 is 1.44 bits per heavy atom. The molecule has 0 amide bonds. The van der Waals surface area contributed by atoms with Crippen LogP contribution >= 0.6 is 27.3 Å². The summed E-state index contributed by atoms with van der Waals surface area (Å²) in [5.41, 5.74) is 3.48. The van der Waals surface area contributed by atoms with Crippen molar-refractivity contribution in [1.82, 2.24) is 15.0 Å². The number of thiazole rings is 1. The molecule has 0 aliphatic rings. The Balaban J connectivity index is 1.93. The van der Waals surface area contributed by atoms with Crippen molar-refractivity contribution in [1.29, 1.82) is 0 Å². The smallest absolute Gasteiger partial charge is 0.239 e. The predicted octanol–water partition coefficient (Wildman–Crippen LogP) is 1.94. The lowest BCUT2D eigenvalue weighted by Gasteiger charge is -2.07. The summed E-state index contributed by atoms with van der Waals surface area (Å²) in [5.74, 6) is 6.36. The minimum absolute atomic E-state index is 0.380. The fraction of sp³-hybridized carbons (Fsp3) is 0.300. The van der Waals surface area contributed by atoms with Crippen LogP contribution in [0.5, 0.6) is 0 Å². The molecule has 0 radical (unpaired) electrons. The third-order valence-electron chi connectivity index (χ3n) is 2.17. The lowest BCUT2D eigenvalue weighted by molar-refractivity contribution is 0.970. The van der Waals surface area contributed by atoms with Crippen molar-refractivity contribution in [3.63, 3.8) is 0 Å². The number of nitrogens with one attached hydrogen (secondary N) is 2. The number of rotatable bonds is 5. The van der Waals surface area contributed by atoms with E-state index in [-0.39, 0.29) is 0 Å². The number of halogens is 1. The van der Waals surface area contributed by atoms with E-state index in [4.69, 9.17) is 5.84 Å². The van der Waals surface area contributed by atoms with E-state index in [0.29, 0.717) is 11.8 Å². The molecular weight excluding hydrogens is 316 g/mol. The van der Waals surface area contributed by atoms with Crippen LogP contribution < -0.4 is 16.6 Å². The van der Waals surface area contributed by atoms with Gasteiger partial charge in [0.1, 0.15) is 5.82 Å². The molecule has 0 unspecified atom stereocenters. The monoisotopic (exact) mass is 328 g/mol. The van der Waals surface area contributed by atoms with Crippen molar-refractivity contribution in [2.45, 2.75) is 13.3 Å². The second-order valence-corrected chi connectivity index (χ2v) is 5.39. The first-order chi connectivity index (χ1) is 8.69. The highest BCUT2D eigenvalue weighted by molar-refractivity contribution is 9.10. The summed E-state index contributed by atoms with van der Waals surface area (Å²) in [5, 5.41) is 6.38. The maximum absolute atomic E-state index is 5.26. The number of hydrogen-bond acceptors (Lipinski definition) is 7. The SMILES string of the molecule is Cc1csc(CCNc2nc(NN)ncc2Br)n1. The van der Waals surface area contributed by atoms with E-state index in [1.165, 1.54) is 0 Å². The molecule has 0 aromatic carbocycles. The van der Waals surface area contributed by atoms with E-state index in [9.17, 15) is 0 Å². The van der Waals surface area contributed by atoms with Crippen LogP contribution in [0.4, 0.5) is 11.8 Å². The van der Waals surface area contributed by atoms with Crippen LogP contribution in [-0.2, 0) is 6.42 Å². The lowest BCUT2D eigenvalue weighted by Crippen LogP contribution is -2.13. The number of nitrogens with zero attached hydrogens (tertiary/aromatic N) is 3. The van der Waals surface area contributed by atoms with Gasteiger partial charge in [0.05, 0.1) is 9.48 Å². The molecule has 0 saturated heterocycles. The number of nitrogen functional groups attached to an aromatic ring is 1. The molecule has 0 spiro atoms. The fourth-order valence-electron chi connectivity index (χ4n) is 1.37. The lowest BCUT2D eigenvalue weighted by atomic mass is 10.4. The van der Waals surface area contributed by atoms with Gasteiger partial charge in [-0.15, -0.1) is 11.3 Å². The second-order valence-electron chi connectivity index (χ2n) is 3.59. The van der Waals surface area contributed by atoms with E-state index in [0.717, 1.165) is 28.1 Å². The zero-order valence-electron chi connectivity index (χ0n) is 9.77. The maximum atomic E-state index is 5.26. The van der Waals surface area contributed by atoms with Crippen LogP contribution in [0.25, 0.3) is 0 Å². The molecule has 0 aliphatic heterocycles. The molecule has 0 atom stereocenters. The van der Waals surface area contributed by atoms with Gasteiger partial charge in [0.25, 0.3) is 0 Å². The largest absolute Gasteiger partial charge is 0.369 e. The molecule has 2 aromatic heterocycles. The second kappa shape index (κ2) is 6.07. The van der Waals surface area contributed by atoms with Crippen molar-refractivity contribution < 1.29 is 0 Å². The van der Waals surface area contributed by atoms with Gasteiger partial charge in [0.15, 0.2) is 0 Å². The quantitative estimate of drug-likeness (QED) is 0.574. The minimum atomic E-state index is 0.380. The number of aromatic nitrogens is 3. The Bertz CT molecular complexity index is 529. The molecule has 96 valence electrons. The standard InChI is InChI=1S/C10H13BrN6S/c1-6-5-18-8(15-6)2-3-13-9-7(11)4-14-10(16-9)17-12/h4-5H,2-3,12H2,1H3,(H2,13,14,16,17). The number of hydrazine groups is 1. The highest BCUT2D eigenvalue weighted by Crippen LogP contribution is 2.19. The number of hydrogen-bond donors (Lipinski definition) is 3. The maximum Gasteiger partial charge on any atom is 0.239 e. The summed E-state index contributed by atoms with van der Waals surface area (Å²) in [4.78, 5) is 12.6. The van der Waals surface area contributed by atoms with Crippen LogP contribution in [-0.4, -0.2) is 21.5 Å². The van der Waals surface area contributed by atoms with Gasteiger partial charge in [-0.05, 0) is 22.9 Å². The van der Waals surface area contributed by atoms with Crippen molar-refractivity contribution in [2.75, 3.05) is 17.3 Å². The van der Waals surface area contributed by atoms with Crippen LogP contribution in [0.1, 0.15) is 10.7 Å². The topological polar surface area (TPSA) is 88.8 Å². The first-order valence-electron chi connectivity index (χ1n) is 5.33. The molecule has 18 heavy (non-hydrogen) atoms.